The Kier molecular flexibility index (Phi) is 3.05. The molecule has 106 valence electrons. The third-order valence-corrected chi connectivity index (χ3v) is 6.66. The Morgan fingerprint density at radius 1 is 1.32 bits per heavy atom. The van der Waals surface area contributed by atoms with Crippen molar-refractivity contribution in [1.82, 2.24) is 4.90 Å². The first-order valence-corrected chi connectivity index (χ1v) is 8.33. The number of piperidine rings is 1. The Bertz CT molecular complexity index is 393. The summed E-state index contributed by atoms with van der Waals surface area (Å²) in [6, 6.07) is 1.40. The molecule has 0 aromatic heterocycles. The number of nitrogens with zero attached hydrogens (tertiary/aromatic N) is 2. The molecule has 0 amide bonds. The molecule has 2 saturated heterocycles. The molecule has 4 rings (SSSR count). The monoisotopic (exact) mass is 282 g/mol. The number of likely N-dealkylation sites (tertiary alicyclic amines) is 1. The Labute approximate surface area is 118 Å². The normalized spacial score (nSPS) is 40.8. The van der Waals surface area contributed by atoms with E-state index in [2.05, 4.69) is 16.8 Å². The Morgan fingerprint density at radius 3 is 2.89 bits per heavy atom. The summed E-state index contributed by atoms with van der Waals surface area (Å²) in [6.07, 6.45) is 6.12. The second-order valence-electron chi connectivity index (χ2n) is 6.21. The zero-order valence-corrected chi connectivity index (χ0v) is 12.3. The van der Waals surface area contributed by atoms with E-state index in [-0.39, 0.29) is 4.93 Å². The van der Waals surface area contributed by atoms with Crippen molar-refractivity contribution in [2.45, 2.75) is 56.0 Å². The van der Waals surface area contributed by atoms with Gasteiger partial charge in [-0.25, -0.2) is 4.99 Å². The van der Waals surface area contributed by atoms with Gasteiger partial charge in [-0.3, -0.25) is 0 Å². The Morgan fingerprint density at radius 2 is 2.16 bits per heavy atom. The summed E-state index contributed by atoms with van der Waals surface area (Å²) in [5.41, 5.74) is 0. The van der Waals surface area contributed by atoms with Gasteiger partial charge in [0.15, 0.2) is 5.17 Å². The molecule has 5 heteroatoms. The van der Waals surface area contributed by atoms with Crippen LogP contribution in [-0.2, 0) is 9.47 Å². The minimum Gasteiger partial charge on any atom is -0.381 e. The summed E-state index contributed by atoms with van der Waals surface area (Å²) in [6.45, 7) is 4.55. The highest BCUT2D eigenvalue weighted by molar-refractivity contribution is 8.14. The molecule has 4 aliphatic rings. The molecule has 1 saturated carbocycles. The fourth-order valence-electron chi connectivity index (χ4n) is 4.07. The molecule has 0 aromatic carbocycles. The summed E-state index contributed by atoms with van der Waals surface area (Å²) < 4.78 is 11.5. The molecule has 3 heterocycles. The molecule has 0 unspecified atom stereocenters. The SMILES string of the molecule is C[C@@H]1[C@@H]2CC[C@@H](C2)N1C1=NCOC2(CCOCC2)S1. The number of fused-ring (bicyclic) bond motifs is 2. The quantitative estimate of drug-likeness (QED) is 0.683. The third-order valence-electron chi connectivity index (χ3n) is 5.24. The number of thioether (sulfide) groups is 1. The highest BCUT2D eigenvalue weighted by atomic mass is 32.2. The molecule has 3 aliphatic heterocycles. The van der Waals surface area contributed by atoms with Crippen molar-refractivity contribution in [3.63, 3.8) is 0 Å². The number of amidine groups is 1. The Hall–Kier alpha value is -0.260. The van der Waals surface area contributed by atoms with Gasteiger partial charge in [0.05, 0.1) is 13.2 Å². The molecule has 0 N–H and O–H groups in total. The van der Waals surface area contributed by atoms with Crippen molar-refractivity contribution in [2.24, 2.45) is 10.9 Å². The van der Waals surface area contributed by atoms with E-state index in [0.29, 0.717) is 12.8 Å². The van der Waals surface area contributed by atoms with Crippen LogP contribution in [0.3, 0.4) is 0 Å². The maximum absolute atomic E-state index is 5.98. The van der Waals surface area contributed by atoms with Crippen molar-refractivity contribution >= 4 is 16.9 Å². The van der Waals surface area contributed by atoms with Crippen molar-refractivity contribution in [3.8, 4) is 0 Å². The topological polar surface area (TPSA) is 34.1 Å². The molecule has 3 fully saturated rings. The minimum absolute atomic E-state index is 0.0586. The average molecular weight is 282 g/mol. The van der Waals surface area contributed by atoms with Gasteiger partial charge >= 0.3 is 0 Å². The van der Waals surface area contributed by atoms with Crippen LogP contribution in [-0.4, -0.2) is 47.0 Å². The van der Waals surface area contributed by atoms with Gasteiger partial charge in [-0.05, 0) is 32.1 Å². The van der Waals surface area contributed by atoms with Crippen LogP contribution >= 0.6 is 11.8 Å². The van der Waals surface area contributed by atoms with Gasteiger partial charge in [0.25, 0.3) is 0 Å². The smallest absolute Gasteiger partial charge is 0.164 e. The second kappa shape index (κ2) is 4.64. The molecular formula is C14H22N2O2S. The predicted octanol–water partition coefficient (Wildman–Crippen LogP) is 2.44. The maximum Gasteiger partial charge on any atom is 0.164 e. The van der Waals surface area contributed by atoms with E-state index in [1.165, 1.54) is 24.4 Å². The first kappa shape index (κ1) is 12.5. The van der Waals surface area contributed by atoms with Gasteiger partial charge in [-0.15, -0.1) is 0 Å². The minimum atomic E-state index is -0.0586. The van der Waals surface area contributed by atoms with Gasteiger partial charge in [-0.2, -0.15) is 0 Å². The van der Waals surface area contributed by atoms with E-state index < -0.39 is 0 Å². The van der Waals surface area contributed by atoms with E-state index >= 15 is 0 Å². The highest BCUT2D eigenvalue weighted by Crippen LogP contribution is 2.47. The number of hydrogen-bond acceptors (Lipinski definition) is 5. The number of rotatable bonds is 0. The maximum atomic E-state index is 5.98. The van der Waals surface area contributed by atoms with E-state index in [1.807, 2.05) is 11.8 Å². The molecular weight excluding hydrogens is 260 g/mol. The van der Waals surface area contributed by atoms with Gasteiger partial charge < -0.3 is 14.4 Å². The van der Waals surface area contributed by atoms with Crippen LogP contribution in [0.4, 0.5) is 0 Å². The molecule has 1 spiro atoms. The van der Waals surface area contributed by atoms with Crippen LogP contribution in [0.15, 0.2) is 4.99 Å². The molecule has 1 aliphatic carbocycles. The van der Waals surface area contributed by atoms with Crippen LogP contribution in [0, 0.1) is 5.92 Å². The van der Waals surface area contributed by atoms with Crippen LogP contribution < -0.4 is 0 Å². The lowest BCUT2D eigenvalue weighted by Gasteiger charge is -2.43. The molecule has 3 atom stereocenters. The van der Waals surface area contributed by atoms with Crippen LogP contribution in [0.2, 0.25) is 0 Å². The fraction of sp³-hybridized carbons (Fsp3) is 0.929. The van der Waals surface area contributed by atoms with Gasteiger partial charge in [0.2, 0.25) is 0 Å². The van der Waals surface area contributed by atoms with Gasteiger partial charge in [-0.1, -0.05) is 11.8 Å². The van der Waals surface area contributed by atoms with Crippen LogP contribution in [0.25, 0.3) is 0 Å². The van der Waals surface area contributed by atoms with E-state index in [1.54, 1.807) is 0 Å². The largest absolute Gasteiger partial charge is 0.381 e. The first-order chi connectivity index (χ1) is 9.27. The lowest BCUT2D eigenvalue weighted by atomic mass is 10.0. The summed E-state index contributed by atoms with van der Waals surface area (Å²) in [4.78, 5) is 7.21. The van der Waals surface area contributed by atoms with Crippen LogP contribution in [0.5, 0.6) is 0 Å². The van der Waals surface area contributed by atoms with Crippen molar-refractivity contribution in [1.29, 1.82) is 0 Å². The van der Waals surface area contributed by atoms with E-state index in [0.717, 1.165) is 38.0 Å². The van der Waals surface area contributed by atoms with Gasteiger partial charge in [0, 0.05) is 24.9 Å². The first-order valence-electron chi connectivity index (χ1n) is 7.51. The van der Waals surface area contributed by atoms with Crippen molar-refractivity contribution in [2.75, 3.05) is 19.9 Å². The number of ether oxygens (including phenoxy) is 2. The van der Waals surface area contributed by atoms with Crippen molar-refractivity contribution < 1.29 is 9.47 Å². The summed E-state index contributed by atoms with van der Waals surface area (Å²) in [5.74, 6) is 0.891. The number of hydrogen-bond donors (Lipinski definition) is 0. The third kappa shape index (κ3) is 2.01. The lowest BCUT2D eigenvalue weighted by molar-refractivity contribution is -0.0526. The zero-order chi connectivity index (χ0) is 12.9. The highest BCUT2D eigenvalue weighted by Gasteiger charge is 2.48. The standard InChI is InChI=1S/C14H22N2O2S/c1-10-11-2-3-12(8-11)16(10)13-15-9-18-14(19-13)4-6-17-7-5-14/h10-12H,2-9H2,1H3/t10-,11-,12+/m1/s1. The zero-order valence-electron chi connectivity index (χ0n) is 11.5. The predicted molar refractivity (Wildman–Crippen MR) is 76.2 cm³/mol. The summed E-state index contributed by atoms with van der Waals surface area (Å²) in [5, 5.41) is 1.24. The van der Waals surface area contributed by atoms with E-state index in [4.69, 9.17) is 9.47 Å². The number of aliphatic imine (C=N–C) groups is 1. The van der Waals surface area contributed by atoms with Gasteiger partial charge in [0.1, 0.15) is 11.7 Å². The van der Waals surface area contributed by atoms with E-state index in [9.17, 15) is 0 Å². The molecule has 0 radical (unpaired) electrons. The summed E-state index contributed by atoms with van der Waals surface area (Å²) in [7, 11) is 0. The fourth-order valence-corrected chi connectivity index (χ4v) is 5.42. The van der Waals surface area contributed by atoms with Crippen LogP contribution in [0.1, 0.15) is 39.0 Å². The average Bonchev–Trinajstić information content (AvgIpc) is 3.00. The molecule has 0 aromatic rings. The molecule has 19 heavy (non-hydrogen) atoms. The molecule has 2 bridgehead atoms. The van der Waals surface area contributed by atoms with Crippen molar-refractivity contribution in [3.05, 3.63) is 0 Å². The lowest BCUT2D eigenvalue weighted by Crippen LogP contribution is -2.48. The molecule has 4 nitrogen and oxygen atoms in total. The Balaban J connectivity index is 1.54. The summed E-state index contributed by atoms with van der Waals surface area (Å²) >= 11 is 1.87. The second-order valence-corrected chi connectivity index (χ2v) is 7.53.